The molecule has 5 aromatic rings. The summed E-state index contributed by atoms with van der Waals surface area (Å²) >= 11 is 0. The fraction of sp³-hybridized carbons (Fsp3) is 0.167. The highest BCUT2D eigenvalue weighted by atomic mass is 31.2. The van der Waals surface area contributed by atoms with E-state index in [0.717, 1.165) is 27.8 Å². The number of ether oxygens (including phenoxy) is 3. The fourth-order valence-corrected chi connectivity index (χ4v) is 6.12. The first-order valence-electron chi connectivity index (χ1n) is 14.0. The molecule has 0 saturated heterocycles. The van der Waals surface area contributed by atoms with Crippen molar-refractivity contribution >= 4 is 7.60 Å². The van der Waals surface area contributed by atoms with Gasteiger partial charge in [0.1, 0.15) is 17.1 Å². The van der Waals surface area contributed by atoms with Gasteiger partial charge in [0.25, 0.3) is 0 Å². The number of hydrogen-bond donors (Lipinski definition) is 0. The van der Waals surface area contributed by atoms with E-state index in [2.05, 4.69) is 0 Å². The predicted octanol–water partition coefficient (Wildman–Crippen LogP) is 8.60. The van der Waals surface area contributed by atoms with Crippen LogP contribution >= 0.6 is 7.60 Å². The molecule has 0 aliphatic carbocycles. The van der Waals surface area contributed by atoms with Gasteiger partial charge < -0.3 is 23.3 Å². The molecule has 0 aliphatic rings. The summed E-state index contributed by atoms with van der Waals surface area (Å²) in [6, 6.07) is 44.4. The molecule has 0 radical (unpaired) electrons. The minimum atomic E-state index is -3.81. The molecule has 0 spiro atoms. The highest BCUT2D eigenvalue weighted by Gasteiger charge is 2.41. The van der Waals surface area contributed by atoms with Crippen LogP contribution in [0.1, 0.15) is 27.8 Å². The summed E-state index contributed by atoms with van der Waals surface area (Å²) in [4.78, 5) is 0. The molecule has 0 amide bonds. The summed E-state index contributed by atoms with van der Waals surface area (Å²) in [6.45, 7) is 0.222. The molecule has 0 fully saturated rings. The maximum Gasteiger partial charge on any atom is 0.356 e. The average molecular weight is 595 g/mol. The average Bonchev–Trinajstić information content (AvgIpc) is 3.09. The minimum Gasteiger partial charge on any atom is -0.497 e. The van der Waals surface area contributed by atoms with Crippen LogP contribution in [-0.2, 0) is 37.2 Å². The van der Waals surface area contributed by atoms with Crippen LogP contribution in [0, 0.1) is 0 Å². The molecular formula is C36H35O6P. The van der Waals surface area contributed by atoms with Crippen LogP contribution in [0.2, 0.25) is 0 Å². The number of methoxy groups -OCH3 is 2. The third-order valence-corrected chi connectivity index (χ3v) is 8.64. The molecule has 5 aromatic carbocycles. The van der Waals surface area contributed by atoms with Crippen LogP contribution < -0.4 is 9.47 Å². The number of hydrogen-bond acceptors (Lipinski definition) is 6. The third-order valence-electron chi connectivity index (χ3n) is 7.15. The molecule has 0 aromatic heterocycles. The van der Waals surface area contributed by atoms with Gasteiger partial charge in [-0.2, -0.15) is 0 Å². The Morgan fingerprint density at radius 2 is 0.884 bits per heavy atom. The van der Waals surface area contributed by atoms with Gasteiger partial charge in [0.15, 0.2) is 6.35 Å². The van der Waals surface area contributed by atoms with E-state index in [1.54, 1.807) is 14.2 Å². The van der Waals surface area contributed by atoms with Crippen molar-refractivity contribution in [3.8, 4) is 11.5 Å². The second-order valence-electron chi connectivity index (χ2n) is 9.91. The van der Waals surface area contributed by atoms with Gasteiger partial charge in [0, 0.05) is 0 Å². The van der Waals surface area contributed by atoms with Gasteiger partial charge in [-0.1, -0.05) is 115 Å². The molecule has 0 bridgehead atoms. The molecule has 220 valence electrons. The Bertz CT molecular complexity index is 1500. The lowest BCUT2D eigenvalue weighted by molar-refractivity contribution is 0.0256. The molecule has 0 saturated carbocycles. The van der Waals surface area contributed by atoms with E-state index in [9.17, 15) is 4.57 Å². The normalized spacial score (nSPS) is 11.7. The lowest BCUT2D eigenvalue weighted by Crippen LogP contribution is -2.33. The van der Waals surface area contributed by atoms with Crippen LogP contribution in [0.15, 0.2) is 140 Å². The smallest absolute Gasteiger partial charge is 0.356 e. The Balaban J connectivity index is 1.56. The second kappa shape index (κ2) is 14.3. The van der Waals surface area contributed by atoms with Crippen molar-refractivity contribution < 1.29 is 27.8 Å². The summed E-state index contributed by atoms with van der Waals surface area (Å²) in [7, 11) is -0.553. The molecule has 0 heterocycles. The van der Waals surface area contributed by atoms with E-state index < -0.39 is 13.2 Å². The zero-order valence-electron chi connectivity index (χ0n) is 24.3. The van der Waals surface area contributed by atoms with E-state index in [-0.39, 0.29) is 19.6 Å². The molecule has 0 atom stereocenters. The monoisotopic (exact) mass is 594 g/mol. The highest BCUT2D eigenvalue weighted by Crippen LogP contribution is 2.53. The van der Waals surface area contributed by atoms with Crippen molar-refractivity contribution in [2.75, 3.05) is 20.6 Å². The maximum atomic E-state index is 14.5. The standard InChI is InChI=1S/C36H35O6P/c1-38-34-22-18-32(19-23-34)36(31-16-10-5-11-17-31,33-20-24-35(39-2)25-21-33)40-28-43(37,41-26-29-12-6-3-7-13-29)42-27-30-14-8-4-9-15-30/h3-25H,26-28H2,1-2H3. The van der Waals surface area contributed by atoms with Gasteiger partial charge in [-0.05, 0) is 52.1 Å². The Morgan fingerprint density at radius 3 is 1.28 bits per heavy atom. The summed E-state index contributed by atoms with van der Waals surface area (Å²) in [6.07, 6.45) is -0.306. The molecule has 6 nitrogen and oxygen atoms in total. The van der Waals surface area contributed by atoms with Crippen molar-refractivity contribution in [2.24, 2.45) is 0 Å². The van der Waals surface area contributed by atoms with Crippen molar-refractivity contribution in [3.05, 3.63) is 167 Å². The topological polar surface area (TPSA) is 63.2 Å². The van der Waals surface area contributed by atoms with Gasteiger partial charge in [0.05, 0.1) is 27.4 Å². The highest BCUT2D eigenvalue weighted by molar-refractivity contribution is 7.53. The quantitative estimate of drug-likeness (QED) is 0.0948. The predicted molar refractivity (Wildman–Crippen MR) is 168 cm³/mol. The first-order chi connectivity index (χ1) is 21.0. The van der Waals surface area contributed by atoms with Gasteiger partial charge in [-0.15, -0.1) is 0 Å². The largest absolute Gasteiger partial charge is 0.497 e. The molecule has 0 unspecified atom stereocenters. The maximum absolute atomic E-state index is 14.5. The van der Waals surface area contributed by atoms with Crippen LogP contribution in [0.3, 0.4) is 0 Å². The zero-order chi connectivity index (χ0) is 30.0. The second-order valence-corrected chi connectivity index (χ2v) is 11.9. The van der Waals surface area contributed by atoms with Crippen LogP contribution in [0.25, 0.3) is 0 Å². The molecule has 5 rings (SSSR count). The Morgan fingerprint density at radius 1 is 0.512 bits per heavy atom. The van der Waals surface area contributed by atoms with E-state index in [1.807, 2.05) is 140 Å². The van der Waals surface area contributed by atoms with E-state index >= 15 is 0 Å². The summed E-state index contributed by atoms with van der Waals surface area (Å²) in [5.41, 5.74) is 3.09. The molecule has 43 heavy (non-hydrogen) atoms. The molecule has 0 aliphatic heterocycles. The van der Waals surface area contributed by atoms with E-state index in [0.29, 0.717) is 11.5 Å². The summed E-state index contributed by atoms with van der Waals surface area (Å²) in [5, 5.41) is 0. The van der Waals surface area contributed by atoms with E-state index in [4.69, 9.17) is 23.3 Å². The number of rotatable bonds is 14. The van der Waals surface area contributed by atoms with Crippen molar-refractivity contribution in [1.82, 2.24) is 0 Å². The third kappa shape index (κ3) is 7.42. The minimum absolute atomic E-state index is 0.111. The Labute approximate surface area is 253 Å². The first-order valence-corrected chi connectivity index (χ1v) is 15.7. The molecule has 0 N–H and O–H groups in total. The van der Waals surface area contributed by atoms with Crippen molar-refractivity contribution in [3.63, 3.8) is 0 Å². The lowest BCUT2D eigenvalue weighted by Gasteiger charge is -2.37. The first kappa shape index (κ1) is 30.3. The van der Waals surface area contributed by atoms with Crippen LogP contribution in [0.4, 0.5) is 0 Å². The summed E-state index contributed by atoms with van der Waals surface area (Å²) < 4.78 is 44.4. The van der Waals surface area contributed by atoms with E-state index in [1.165, 1.54) is 0 Å². The Hall–Kier alpha value is -4.19. The SMILES string of the molecule is COc1ccc(C(OCP(=O)(OCc2ccccc2)OCc2ccccc2)(c2ccccc2)c2ccc(OC)cc2)cc1. The van der Waals surface area contributed by atoms with Gasteiger partial charge in [-0.3, -0.25) is 4.57 Å². The molecule has 7 heteroatoms. The van der Waals surface area contributed by atoms with Crippen molar-refractivity contribution in [2.45, 2.75) is 18.8 Å². The fourth-order valence-electron chi connectivity index (χ4n) is 4.86. The van der Waals surface area contributed by atoms with Gasteiger partial charge in [-0.25, -0.2) is 0 Å². The number of benzene rings is 5. The summed E-state index contributed by atoms with van der Waals surface area (Å²) in [5.74, 6) is 1.42. The zero-order valence-corrected chi connectivity index (χ0v) is 25.2. The lowest BCUT2D eigenvalue weighted by atomic mass is 9.80. The van der Waals surface area contributed by atoms with Crippen molar-refractivity contribution in [1.29, 1.82) is 0 Å². The Kier molecular flexibility index (Phi) is 10.1. The van der Waals surface area contributed by atoms with Gasteiger partial charge in [0.2, 0.25) is 0 Å². The van der Waals surface area contributed by atoms with Crippen LogP contribution in [-0.4, -0.2) is 20.6 Å². The van der Waals surface area contributed by atoms with Gasteiger partial charge >= 0.3 is 7.60 Å². The molecular weight excluding hydrogens is 559 g/mol. The van der Waals surface area contributed by atoms with Crippen LogP contribution in [0.5, 0.6) is 11.5 Å².